The maximum atomic E-state index is 6.09. The summed E-state index contributed by atoms with van der Waals surface area (Å²) >= 11 is 0. The van der Waals surface area contributed by atoms with E-state index in [2.05, 4.69) is 16.9 Å². The van der Waals surface area contributed by atoms with Gasteiger partial charge in [0.15, 0.2) is 0 Å². The average molecular weight is 201 g/mol. The van der Waals surface area contributed by atoms with Gasteiger partial charge in [-0.3, -0.25) is 0 Å². The highest BCUT2D eigenvalue weighted by atomic mass is 15.0. The molecule has 0 bridgehead atoms. The summed E-state index contributed by atoms with van der Waals surface area (Å²) in [7, 11) is 0. The largest absolute Gasteiger partial charge is 0.344 e. The monoisotopic (exact) mass is 201 g/mol. The fourth-order valence-electron chi connectivity index (χ4n) is 1.53. The third-order valence-corrected chi connectivity index (χ3v) is 2.48. The number of aromatic nitrogens is 2. The molecule has 1 unspecified atom stereocenters. The topological polar surface area (TPSA) is 54.7 Å². The quantitative estimate of drug-likeness (QED) is 0.798. The van der Waals surface area contributed by atoms with Crippen LogP contribution >= 0.6 is 0 Å². The Kier molecular flexibility index (Phi) is 2.83. The number of hydrogen-bond acceptors (Lipinski definition) is 2. The summed E-state index contributed by atoms with van der Waals surface area (Å²) in [6.45, 7) is 2.09. The molecule has 0 aliphatic carbocycles. The van der Waals surface area contributed by atoms with E-state index in [-0.39, 0.29) is 6.04 Å². The van der Waals surface area contributed by atoms with Crippen LogP contribution in [0.2, 0.25) is 0 Å². The first-order valence-electron chi connectivity index (χ1n) is 5.15. The van der Waals surface area contributed by atoms with Gasteiger partial charge in [0.25, 0.3) is 0 Å². The second-order valence-electron chi connectivity index (χ2n) is 3.54. The van der Waals surface area contributed by atoms with Gasteiger partial charge in [-0.1, -0.05) is 37.3 Å². The summed E-state index contributed by atoms with van der Waals surface area (Å²) in [4.78, 5) is 7.51. The molecular weight excluding hydrogens is 186 g/mol. The molecule has 3 N–H and O–H groups in total. The minimum absolute atomic E-state index is 0.161. The predicted molar refractivity (Wildman–Crippen MR) is 60.4 cm³/mol. The van der Waals surface area contributed by atoms with Gasteiger partial charge in [-0.05, 0) is 12.0 Å². The first kappa shape index (κ1) is 9.93. The average Bonchev–Trinajstić information content (AvgIpc) is 2.78. The molecular formula is C12H15N3. The number of rotatable bonds is 3. The minimum atomic E-state index is -0.161. The van der Waals surface area contributed by atoms with Gasteiger partial charge in [-0.2, -0.15) is 0 Å². The zero-order chi connectivity index (χ0) is 10.7. The van der Waals surface area contributed by atoms with Crippen LogP contribution < -0.4 is 5.73 Å². The Morgan fingerprint density at radius 3 is 2.67 bits per heavy atom. The lowest BCUT2D eigenvalue weighted by Crippen LogP contribution is -2.13. The van der Waals surface area contributed by atoms with Crippen molar-refractivity contribution in [3.05, 3.63) is 53.6 Å². The highest BCUT2D eigenvalue weighted by molar-refractivity contribution is 5.24. The first-order chi connectivity index (χ1) is 7.31. The number of aryl methyl sites for hydroxylation is 1. The smallest absolute Gasteiger partial charge is 0.127 e. The van der Waals surface area contributed by atoms with Crippen LogP contribution in [0.4, 0.5) is 0 Å². The summed E-state index contributed by atoms with van der Waals surface area (Å²) in [5.41, 5.74) is 8.29. The van der Waals surface area contributed by atoms with Crippen molar-refractivity contribution in [2.24, 2.45) is 5.73 Å². The van der Waals surface area contributed by atoms with E-state index in [9.17, 15) is 0 Å². The van der Waals surface area contributed by atoms with E-state index < -0.39 is 0 Å². The van der Waals surface area contributed by atoms with Crippen LogP contribution in [0, 0.1) is 0 Å². The molecule has 0 radical (unpaired) electrons. The lowest BCUT2D eigenvalue weighted by Gasteiger charge is -2.08. The van der Waals surface area contributed by atoms with E-state index in [0.29, 0.717) is 0 Å². The molecule has 3 nitrogen and oxygen atoms in total. The van der Waals surface area contributed by atoms with E-state index in [0.717, 1.165) is 23.5 Å². The summed E-state index contributed by atoms with van der Waals surface area (Å²) < 4.78 is 0. The van der Waals surface area contributed by atoms with Crippen molar-refractivity contribution in [1.29, 1.82) is 0 Å². The van der Waals surface area contributed by atoms with Crippen molar-refractivity contribution in [1.82, 2.24) is 9.97 Å². The van der Waals surface area contributed by atoms with Crippen molar-refractivity contribution in [3.8, 4) is 0 Å². The maximum absolute atomic E-state index is 6.09. The van der Waals surface area contributed by atoms with Gasteiger partial charge in [-0.25, -0.2) is 4.98 Å². The Morgan fingerprint density at radius 1 is 1.33 bits per heavy atom. The van der Waals surface area contributed by atoms with Crippen molar-refractivity contribution in [2.75, 3.05) is 0 Å². The van der Waals surface area contributed by atoms with Gasteiger partial charge >= 0.3 is 0 Å². The first-order valence-corrected chi connectivity index (χ1v) is 5.15. The summed E-state index contributed by atoms with van der Waals surface area (Å²) in [5.74, 6) is 0.832. The summed E-state index contributed by atoms with van der Waals surface area (Å²) in [6.07, 6.45) is 2.80. The molecule has 0 aliphatic rings. The number of imidazole rings is 1. The SMILES string of the molecule is CCc1cnc(C(N)c2ccccc2)[nH]1. The molecule has 0 fully saturated rings. The number of hydrogen-bond donors (Lipinski definition) is 2. The molecule has 3 heteroatoms. The standard InChI is InChI=1S/C12H15N3/c1-2-10-8-14-12(15-10)11(13)9-6-4-3-5-7-9/h3-8,11H,2,13H2,1H3,(H,14,15). The number of H-pyrrole nitrogens is 1. The van der Waals surface area contributed by atoms with E-state index in [1.54, 1.807) is 0 Å². The second-order valence-corrected chi connectivity index (χ2v) is 3.54. The van der Waals surface area contributed by atoms with Crippen LogP contribution in [0.15, 0.2) is 36.5 Å². The molecule has 2 aromatic rings. The molecule has 78 valence electrons. The third kappa shape index (κ3) is 2.07. The third-order valence-electron chi connectivity index (χ3n) is 2.48. The normalized spacial score (nSPS) is 12.7. The molecule has 1 aromatic heterocycles. The summed E-state index contributed by atoms with van der Waals surface area (Å²) in [6, 6.07) is 9.82. The summed E-state index contributed by atoms with van der Waals surface area (Å²) in [5, 5.41) is 0. The van der Waals surface area contributed by atoms with Crippen molar-refractivity contribution < 1.29 is 0 Å². The molecule has 0 saturated heterocycles. The van der Waals surface area contributed by atoms with Gasteiger partial charge < -0.3 is 10.7 Å². The van der Waals surface area contributed by atoms with Crippen LogP contribution in [0.1, 0.15) is 30.0 Å². The lowest BCUT2D eigenvalue weighted by molar-refractivity contribution is 0.795. The lowest BCUT2D eigenvalue weighted by atomic mass is 10.1. The molecule has 1 atom stereocenters. The van der Waals surface area contributed by atoms with E-state index in [1.165, 1.54) is 0 Å². The highest BCUT2D eigenvalue weighted by Crippen LogP contribution is 2.16. The Morgan fingerprint density at radius 2 is 2.07 bits per heavy atom. The Bertz CT molecular complexity index is 419. The molecule has 2 rings (SSSR count). The fourth-order valence-corrected chi connectivity index (χ4v) is 1.53. The Balaban J connectivity index is 2.24. The Labute approximate surface area is 89.4 Å². The van der Waals surface area contributed by atoms with Gasteiger partial charge in [0.1, 0.15) is 5.82 Å². The fraction of sp³-hybridized carbons (Fsp3) is 0.250. The number of nitrogens with two attached hydrogens (primary N) is 1. The van der Waals surface area contributed by atoms with Crippen LogP contribution in [0.3, 0.4) is 0 Å². The number of aromatic amines is 1. The molecule has 1 heterocycles. The molecule has 0 aliphatic heterocycles. The molecule has 15 heavy (non-hydrogen) atoms. The van der Waals surface area contributed by atoms with E-state index >= 15 is 0 Å². The van der Waals surface area contributed by atoms with Crippen LogP contribution in [0.5, 0.6) is 0 Å². The Hall–Kier alpha value is -1.61. The van der Waals surface area contributed by atoms with Gasteiger partial charge in [-0.15, -0.1) is 0 Å². The molecule has 0 spiro atoms. The van der Waals surface area contributed by atoms with Gasteiger partial charge in [0.2, 0.25) is 0 Å². The predicted octanol–water partition coefficient (Wildman–Crippen LogP) is 2.02. The van der Waals surface area contributed by atoms with Gasteiger partial charge in [0.05, 0.1) is 6.04 Å². The van der Waals surface area contributed by atoms with Crippen molar-refractivity contribution >= 4 is 0 Å². The van der Waals surface area contributed by atoms with E-state index in [1.807, 2.05) is 36.5 Å². The van der Waals surface area contributed by atoms with Crippen LogP contribution in [-0.2, 0) is 6.42 Å². The second kappa shape index (κ2) is 4.28. The molecule has 0 saturated carbocycles. The van der Waals surface area contributed by atoms with E-state index in [4.69, 9.17) is 5.73 Å². The van der Waals surface area contributed by atoms with Crippen LogP contribution in [0.25, 0.3) is 0 Å². The molecule has 0 amide bonds. The zero-order valence-electron chi connectivity index (χ0n) is 8.77. The van der Waals surface area contributed by atoms with Crippen LogP contribution in [-0.4, -0.2) is 9.97 Å². The van der Waals surface area contributed by atoms with Gasteiger partial charge in [0, 0.05) is 11.9 Å². The number of nitrogens with zero attached hydrogens (tertiary/aromatic N) is 1. The van der Waals surface area contributed by atoms with Crippen molar-refractivity contribution in [2.45, 2.75) is 19.4 Å². The maximum Gasteiger partial charge on any atom is 0.127 e. The number of nitrogens with one attached hydrogen (secondary N) is 1. The minimum Gasteiger partial charge on any atom is -0.344 e. The van der Waals surface area contributed by atoms with Crippen molar-refractivity contribution in [3.63, 3.8) is 0 Å². The number of benzene rings is 1. The molecule has 1 aromatic carbocycles. The highest BCUT2D eigenvalue weighted by Gasteiger charge is 2.11. The zero-order valence-corrected chi connectivity index (χ0v) is 8.77.